The van der Waals surface area contributed by atoms with Crippen molar-refractivity contribution in [1.82, 2.24) is 9.97 Å². The maximum Gasteiger partial charge on any atom is 0.264 e. The molecule has 106 valence electrons. The monoisotopic (exact) mass is 376 g/mol. The van der Waals surface area contributed by atoms with E-state index in [0.717, 1.165) is 31.4 Å². The number of H-pyrrole nitrogens is 1. The molecule has 0 aromatic carbocycles. The maximum atomic E-state index is 11.9. The Kier molecular flexibility index (Phi) is 4.07. The van der Waals surface area contributed by atoms with E-state index in [1.807, 2.05) is 29.5 Å². The fourth-order valence-corrected chi connectivity index (χ4v) is 2.91. The molecule has 0 saturated heterocycles. The van der Waals surface area contributed by atoms with Crippen molar-refractivity contribution in [3.05, 3.63) is 25.4 Å². The lowest BCUT2D eigenvalue weighted by atomic mass is 9.70. The van der Waals surface area contributed by atoms with Crippen molar-refractivity contribution in [2.24, 2.45) is 5.41 Å². The first-order chi connectivity index (χ1) is 8.80. The van der Waals surface area contributed by atoms with Gasteiger partial charge in [0.2, 0.25) is 0 Å². The average Bonchev–Trinajstić information content (AvgIpc) is 2.36. The third-order valence-electron chi connectivity index (χ3n) is 4.26. The number of halogens is 1. The molecule has 5 heteroatoms. The number of rotatable bonds is 2. The molecule has 0 aliphatic heterocycles. The Morgan fingerprint density at radius 3 is 2.32 bits per heavy atom. The Morgan fingerprint density at radius 2 is 1.84 bits per heavy atom. The number of nitrogens with one attached hydrogen (secondary N) is 1. The van der Waals surface area contributed by atoms with E-state index >= 15 is 0 Å². The summed E-state index contributed by atoms with van der Waals surface area (Å²) in [6.45, 7) is 6.43. The first kappa shape index (κ1) is 15.0. The van der Waals surface area contributed by atoms with Crippen LogP contribution in [-0.2, 0) is 10.3 Å². The van der Waals surface area contributed by atoms with Gasteiger partial charge in [-0.15, -0.1) is 0 Å². The molecule has 1 aromatic heterocycles. The van der Waals surface area contributed by atoms with E-state index in [-0.39, 0.29) is 5.56 Å². The molecule has 1 aliphatic carbocycles. The van der Waals surface area contributed by atoms with Crippen LogP contribution in [0.15, 0.2) is 4.79 Å². The van der Waals surface area contributed by atoms with E-state index in [2.05, 4.69) is 23.8 Å². The van der Waals surface area contributed by atoms with Gasteiger partial charge < -0.3 is 9.72 Å². The number of ether oxygens (including phenoxy) is 1. The molecule has 1 fully saturated rings. The highest BCUT2D eigenvalue weighted by Crippen LogP contribution is 2.45. The van der Waals surface area contributed by atoms with Crippen LogP contribution in [0.2, 0.25) is 0 Å². The Morgan fingerprint density at radius 1 is 1.26 bits per heavy atom. The number of nitrogens with zero attached hydrogens (tertiary/aromatic N) is 1. The second kappa shape index (κ2) is 5.16. The zero-order chi connectivity index (χ0) is 14.3. The number of hydrogen-bond acceptors (Lipinski definition) is 3. The first-order valence-corrected chi connectivity index (χ1v) is 7.70. The van der Waals surface area contributed by atoms with Crippen LogP contribution in [0.1, 0.15) is 51.0 Å². The molecule has 0 radical (unpaired) electrons. The summed E-state index contributed by atoms with van der Waals surface area (Å²) in [7, 11) is 1.71. The number of aryl methyl sites for hydroxylation is 1. The van der Waals surface area contributed by atoms with E-state index in [4.69, 9.17) is 4.74 Å². The van der Waals surface area contributed by atoms with Gasteiger partial charge in [0.25, 0.3) is 5.56 Å². The highest BCUT2D eigenvalue weighted by atomic mass is 127. The standard InChI is InChI=1S/C14H21IN2O2/c1-9-10(15)11(18)17-12(16-9)14(19-4)7-5-13(2,3)6-8-14/h5-8H2,1-4H3,(H,16,17,18). The smallest absolute Gasteiger partial charge is 0.264 e. The van der Waals surface area contributed by atoms with Crippen molar-refractivity contribution < 1.29 is 4.74 Å². The van der Waals surface area contributed by atoms with Crippen LogP contribution < -0.4 is 5.56 Å². The average molecular weight is 376 g/mol. The lowest BCUT2D eigenvalue weighted by Crippen LogP contribution is -2.39. The Bertz CT molecular complexity index is 527. The SMILES string of the molecule is COC1(c2nc(C)c(I)c(=O)[nH]2)CCC(C)(C)CC1. The van der Waals surface area contributed by atoms with Gasteiger partial charge in [-0.05, 0) is 60.6 Å². The first-order valence-electron chi connectivity index (χ1n) is 6.62. The minimum absolute atomic E-state index is 0.0654. The van der Waals surface area contributed by atoms with Gasteiger partial charge in [0.1, 0.15) is 11.4 Å². The van der Waals surface area contributed by atoms with E-state index in [1.54, 1.807) is 7.11 Å². The number of aromatic nitrogens is 2. The number of aromatic amines is 1. The summed E-state index contributed by atoms with van der Waals surface area (Å²) < 4.78 is 6.43. The molecule has 0 spiro atoms. The molecule has 1 heterocycles. The van der Waals surface area contributed by atoms with Crippen LogP contribution >= 0.6 is 22.6 Å². The second-order valence-corrected chi connectivity index (χ2v) is 7.26. The van der Waals surface area contributed by atoms with Crippen molar-refractivity contribution in [3.63, 3.8) is 0 Å². The predicted molar refractivity (Wildman–Crippen MR) is 83.2 cm³/mol. The van der Waals surface area contributed by atoms with Gasteiger partial charge in [0, 0.05) is 7.11 Å². The van der Waals surface area contributed by atoms with Gasteiger partial charge in [-0.2, -0.15) is 0 Å². The van der Waals surface area contributed by atoms with Crippen LogP contribution in [0, 0.1) is 15.9 Å². The summed E-state index contributed by atoms with van der Waals surface area (Å²) in [5.41, 5.74) is 0.634. The Labute approximate surface area is 127 Å². The van der Waals surface area contributed by atoms with Crippen molar-refractivity contribution in [2.45, 2.75) is 52.1 Å². The van der Waals surface area contributed by atoms with Crippen molar-refractivity contribution in [2.75, 3.05) is 7.11 Å². The molecule has 1 aromatic rings. The van der Waals surface area contributed by atoms with Gasteiger partial charge in [-0.25, -0.2) is 4.98 Å². The molecule has 0 atom stereocenters. The minimum atomic E-state index is -0.427. The van der Waals surface area contributed by atoms with Gasteiger partial charge in [-0.1, -0.05) is 13.8 Å². The molecular formula is C14H21IN2O2. The third kappa shape index (κ3) is 2.86. The van der Waals surface area contributed by atoms with Crippen LogP contribution in [0.4, 0.5) is 0 Å². The summed E-state index contributed by atoms with van der Waals surface area (Å²) in [6.07, 6.45) is 3.96. The Hall–Kier alpha value is -0.430. The van der Waals surface area contributed by atoms with Crippen LogP contribution in [0.3, 0.4) is 0 Å². The summed E-state index contributed by atoms with van der Waals surface area (Å²) in [5, 5.41) is 0. The molecule has 1 saturated carbocycles. The topological polar surface area (TPSA) is 55.0 Å². The van der Waals surface area contributed by atoms with Crippen LogP contribution in [0.5, 0.6) is 0 Å². The Balaban J connectivity index is 2.41. The molecule has 0 bridgehead atoms. The molecule has 2 rings (SSSR count). The summed E-state index contributed by atoms with van der Waals surface area (Å²) in [4.78, 5) is 19.4. The fourth-order valence-electron chi connectivity index (χ4n) is 2.66. The zero-order valence-electron chi connectivity index (χ0n) is 12.0. The second-order valence-electron chi connectivity index (χ2n) is 6.18. The fraction of sp³-hybridized carbons (Fsp3) is 0.714. The number of hydrogen-bond donors (Lipinski definition) is 1. The molecule has 1 N–H and O–H groups in total. The molecule has 4 nitrogen and oxygen atoms in total. The van der Waals surface area contributed by atoms with Gasteiger partial charge in [-0.3, -0.25) is 4.79 Å². The van der Waals surface area contributed by atoms with Crippen LogP contribution in [-0.4, -0.2) is 17.1 Å². The van der Waals surface area contributed by atoms with Crippen molar-refractivity contribution >= 4 is 22.6 Å². The van der Waals surface area contributed by atoms with Crippen LogP contribution in [0.25, 0.3) is 0 Å². The van der Waals surface area contributed by atoms with E-state index < -0.39 is 5.60 Å². The lowest BCUT2D eigenvalue weighted by Gasteiger charge is -2.41. The normalized spacial score (nSPS) is 21.3. The van der Waals surface area contributed by atoms with E-state index in [0.29, 0.717) is 14.8 Å². The van der Waals surface area contributed by atoms with Gasteiger partial charge in [0.05, 0.1) is 9.26 Å². The molecule has 0 unspecified atom stereocenters. The van der Waals surface area contributed by atoms with Crippen molar-refractivity contribution in [1.29, 1.82) is 0 Å². The van der Waals surface area contributed by atoms with E-state index in [9.17, 15) is 4.79 Å². The quantitative estimate of drug-likeness (QED) is 0.807. The minimum Gasteiger partial charge on any atom is -0.370 e. The van der Waals surface area contributed by atoms with Gasteiger partial charge >= 0.3 is 0 Å². The summed E-state index contributed by atoms with van der Waals surface area (Å²) in [5.74, 6) is 0.688. The molecule has 1 aliphatic rings. The maximum absolute atomic E-state index is 11.9. The largest absolute Gasteiger partial charge is 0.370 e. The number of methoxy groups -OCH3 is 1. The molecular weight excluding hydrogens is 355 g/mol. The summed E-state index contributed by atoms with van der Waals surface area (Å²) in [6, 6.07) is 0. The van der Waals surface area contributed by atoms with Crippen molar-refractivity contribution in [3.8, 4) is 0 Å². The van der Waals surface area contributed by atoms with E-state index in [1.165, 1.54) is 0 Å². The zero-order valence-corrected chi connectivity index (χ0v) is 14.1. The lowest BCUT2D eigenvalue weighted by molar-refractivity contribution is -0.0732. The molecule has 0 amide bonds. The molecule has 19 heavy (non-hydrogen) atoms. The highest BCUT2D eigenvalue weighted by molar-refractivity contribution is 14.1. The predicted octanol–water partition coefficient (Wildman–Crippen LogP) is 3.12. The highest BCUT2D eigenvalue weighted by Gasteiger charge is 2.41. The van der Waals surface area contributed by atoms with Gasteiger partial charge in [0.15, 0.2) is 0 Å². The third-order valence-corrected chi connectivity index (χ3v) is 5.53. The summed E-state index contributed by atoms with van der Waals surface area (Å²) >= 11 is 2.03.